The summed E-state index contributed by atoms with van der Waals surface area (Å²) in [5.41, 5.74) is -0.919. The summed E-state index contributed by atoms with van der Waals surface area (Å²) in [6, 6.07) is 0.791. The highest BCUT2D eigenvalue weighted by Gasteiger charge is 2.31. The van der Waals surface area contributed by atoms with Crippen LogP contribution in [0.15, 0.2) is 23.5 Å². The molecule has 156 valence electrons. The first-order valence-electron chi connectivity index (χ1n) is 8.08. The number of alkyl halides is 3. The first kappa shape index (κ1) is 24.7. The van der Waals surface area contributed by atoms with Gasteiger partial charge in [0.15, 0.2) is 5.96 Å². The van der Waals surface area contributed by atoms with Gasteiger partial charge in [-0.2, -0.15) is 13.2 Å². The van der Waals surface area contributed by atoms with Crippen molar-refractivity contribution in [1.29, 1.82) is 0 Å². The molecule has 0 bridgehead atoms. The van der Waals surface area contributed by atoms with Gasteiger partial charge in [-0.15, -0.1) is 35.3 Å². The quantitative estimate of drug-likeness (QED) is 0.234. The van der Waals surface area contributed by atoms with E-state index >= 15 is 0 Å². The molecular formula is C16H20ClF3IN5OS. The SMILES string of the molecule is CCNC(=NCc1ncc(C)s1)NCCOc1ncc(C(F)(F)F)cc1Cl.I. The van der Waals surface area contributed by atoms with Crippen LogP contribution in [0.4, 0.5) is 13.2 Å². The Hall–Kier alpha value is -1.34. The Balaban J connectivity index is 0.00000392. The Bertz CT molecular complexity index is 788. The largest absolute Gasteiger partial charge is 0.475 e. The van der Waals surface area contributed by atoms with Gasteiger partial charge in [-0.1, -0.05) is 11.6 Å². The van der Waals surface area contributed by atoms with Gasteiger partial charge in [0.1, 0.15) is 16.6 Å². The number of nitrogens with one attached hydrogen (secondary N) is 2. The van der Waals surface area contributed by atoms with Crippen molar-refractivity contribution >= 4 is 52.9 Å². The lowest BCUT2D eigenvalue weighted by Crippen LogP contribution is -2.39. The van der Waals surface area contributed by atoms with Crippen LogP contribution >= 0.6 is 46.9 Å². The summed E-state index contributed by atoms with van der Waals surface area (Å²) in [7, 11) is 0. The molecule has 0 aliphatic rings. The summed E-state index contributed by atoms with van der Waals surface area (Å²) in [5, 5.41) is 6.86. The average Bonchev–Trinajstić information content (AvgIpc) is 3.02. The zero-order chi connectivity index (χ0) is 19.9. The van der Waals surface area contributed by atoms with Gasteiger partial charge in [0.2, 0.25) is 5.88 Å². The van der Waals surface area contributed by atoms with Gasteiger partial charge in [0, 0.05) is 23.8 Å². The lowest BCUT2D eigenvalue weighted by molar-refractivity contribution is -0.137. The number of hydrogen-bond acceptors (Lipinski definition) is 5. The maximum atomic E-state index is 12.6. The molecule has 0 amide bonds. The Morgan fingerprint density at radius 3 is 2.61 bits per heavy atom. The summed E-state index contributed by atoms with van der Waals surface area (Å²) in [4.78, 5) is 13.4. The molecule has 0 saturated carbocycles. The number of nitrogens with zero attached hydrogens (tertiary/aromatic N) is 3. The number of pyridine rings is 1. The van der Waals surface area contributed by atoms with Crippen LogP contribution in [0.3, 0.4) is 0 Å². The van der Waals surface area contributed by atoms with E-state index in [-0.39, 0.29) is 41.5 Å². The van der Waals surface area contributed by atoms with E-state index in [1.165, 1.54) is 0 Å². The van der Waals surface area contributed by atoms with E-state index in [0.29, 0.717) is 31.8 Å². The van der Waals surface area contributed by atoms with Crippen molar-refractivity contribution < 1.29 is 17.9 Å². The molecule has 12 heteroatoms. The molecule has 2 N–H and O–H groups in total. The number of aryl methyl sites for hydroxylation is 1. The van der Waals surface area contributed by atoms with Crippen LogP contribution in [-0.2, 0) is 12.7 Å². The third-order valence-electron chi connectivity index (χ3n) is 3.15. The van der Waals surface area contributed by atoms with Crippen molar-refractivity contribution in [3.05, 3.63) is 38.9 Å². The fourth-order valence-corrected chi connectivity index (χ4v) is 2.90. The molecule has 2 heterocycles. The minimum atomic E-state index is -4.50. The van der Waals surface area contributed by atoms with Crippen LogP contribution < -0.4 is 15.4 Å². The standard InChI is InChI=1S/C16H19ClF3N5OS.HI/c1-3-21-15(25-9-13-23-7-10(2)27-13)22-4-5-26-14-12(17)6-11(8-24-14)16(18,19)20;/h6-8H,3-5,9H2,1-2H3,(H2,21,22,25);1H. The molecule has 0 saturated heterocycles. The first-order chi connectivity index (χ1) is 12.8. The zero-order valence-corrected chi connectivity index (χ0v) is 19.0. The van der Waals surface area contributed by atoms with Crippen LogP contribution in [-0.4, -0.2) is 35.6 Å². The normalized spacial score (nSPS) is 11.7. The van der Waals surface area contributed by atoms with Crippen molar-refractivity contribution in [2.24, 2.45) is 4.99 Å². The van der Waals surface area contributed by atoms with E-state index in [2.05, 4.69) is 25.6 Å². The fourth-order valence-electron chi connectivity index (χ4n) is 1.97. The van der Waals surface area contributed by atoms with Crippen LogP contribution in [0.5, 0.6) is 5.88 Å². The number of halogens is 5. The van der Waals surface area contributed by atoms with E-state index in [0.717, 1.165) is 16.0 Å². The van der Waals surface area contributed by atoms with E-state index < -0.39 is 11.7 Å². The molecule has 6 nitrogen and oxygen atoms in total. The second kappa shape index (κ2) is 11.6. The van der Waals surface area contributed by atoms with Gasteiger partial charge >= 0.3 is 6.18 Å². The highest BCUT2D eigenvalue weighted by molar-refractivity contribution is 14.0. The molecule has 2 aromatic rings. The highest BCUT2D eigenvalue weighted by atomic mass is 127. The molecule has 0 aromatic carbocycles. The van der Waals surface area contributed by atoms with Crippen molar-refractivity contribution in [3.8, 4) is 5.88 Å². The van der Waals surface area contributed by atoms with E-state index in [1.54, 1.807) is 17.5 Å². The molecule has 0 radical (unpaired) electrons. The molecule has 2 aromatic heterocycles. The second-order valence-electron chi connectivity index (χ2n) is 5.34. The van der Waals surface area contributed by atoms with E-state index in [9.17, 15) is 13.2 Å². The van der Waals surface area contributed by atoms with Crippen LogP contribution in [0.2, 0.25) is 5.02 Å². The summed E-state index contributed by atoms with van der Waals surface area (Å²) < 4.78 is 43.1. The Kier molecular flexibility index (Phi) is 10.2. The fraction of sp³-hybridized carbons (Fsp3) is 0.438. The average molecular weight is 550 g/mol. The van der Waals surface area contributed by atoms with Crippen LogP contribution in [0, 0.1) is 6.92 Å². The van der Waals surface area contributed by atoms with Crippen molar-refractivity contribution in [2.45, 2.75) is 26.6 Å². The number of ether oxygens (including phenoxy) is 1. The lowest BCUT2D eigenvalue weighted by atomic mass is 10.3. The number of aliphatic imine (C=N–C) groups is 1. The second-order valence-corrected chi connectivity index (χ2v) is 7.07. The van der Waals surface area contributed by atoms with Crippen LogP contribution in [0.1, 0.15) is 22.4 Å². The van der Waals surface area contributed by atoms with Crippen molar-refractivity contribution in [2.75, 3.05) is 19.7 Å². The molecular weight excluding hydrogens is 530 g/mol. The first-order valence-corrected chi connectivity index (χ1v) is 9.28. The minimum Gasteiger partial charge on any atom is -0.475 e. The Morgan fingerprint density at radius 1 is 1.29 bits per heavy atom. The molecule has 0 atom stereocenters. The minimum absolute atomic E-state index is 0. The van der Waals surface area contributed by atoms with Crippen molar-refractivity contribution in [3.63, 3.8) is 0 Å². The van der Waals surface area contributed by atoms with Crippen LogP contribution in [0.25, 0.3) is 0 Å². The smallest absolute Gasteiger partial charge is 0.417 e. The number of guanidine groups is 1. The predicted molar refractivity (Wildman–Crippen MR) is 115 cm³/mol. The summed E-state index contributed by atoms with van der Waals surface area (Å²) in [6.45, 7) is 5.55. The summed E-state index contributed by atoms with van der Waals surface area (Å²) in [5.74, 6) is 0.534. The molecule has 0 spiro atoms. The third-order valence-corrected chi connectivity index (χ3v) is 4.32. The van der Waals surface area contributed by atoms with E-state index in [1.807, 2.05) is 13.8 Å². The van der Waals surface area contributed by atoms with Gasteiger partial charge < -0.3 is 15.4 Å². The van der Waals surface area contributed by atoms with Gasteiger partial charge in [-0.25, -0.2) is 15.0 Å². The predicted octanol–water partition coefficient (Wildman–Crippen LogP) is 4.27. The maximum absolute atomic E-state index is 12.6. The number of hydrogen-bond donors (Lipinski definition) is 2. The molecule has 28 heavy (non-hydrogen) atoms. The Labute approximate surface area is 187 Å². The molecule has 0 aliphatic heterocycles. The topological polar surface area (TPSA) is 71.4 Å². The Morgan fingerprint density at radius 2 is 2.04 bits per heavy atom. The molecule has 0 unspecified atom stereocenters. The zero-order valence-electron chi connectivity index (χ0n) is 15.1. The highest BCUT2D eigenvalue weighted by Crippen LogP contribution is 2.32. The molecule has 0 fully saturated rings. The third kappa shape index (κ3) is 7.95. The van der Waals surface area contributed by atoms with Gasteiger partial charge in [-0.3, -0.25) is 0 Å². The van der Waals surface area contributed by atoms with E-state index in [4.69, 9.17) is 16.3 Å². The van der Waals surface area contributed by atoms with Gasteiger partial charge in [-0.05, 0) is 19.9 Å². The molecule has 2 rings (SSSR count). The maximum Gasteiger partial charge on any atom is 0.417 e. The van der Waals surface area contributed by atoms with Gasteiger partial charge in [0.05, 0.1) is 18.7 Å². The number of thiazole rings is 1. The number of aromatic nitrogens is 2. The summed E-state index contributed by atoms with van der Waals surface area (Å²) >= 11 is 7.37. The summed E-state index contributed by atoms with van der Waals surface area (Å²) in [6.07, 6.45) is -2.01. The monoisotopic (exact) mass is 549 g/mol. The molecule has 0 aliphatic carbocycles. The lowest BCUT2D eigenvalue weighted by Gasteiger charge is -2.13. The van der Waals surface area contributed by atoms with Gasteiger partial charge in [0.25, 0.3) is 0 Å². The van der Waals surface area contributed by atoms with Crippen molar-refractivity contribution in [1.82, 2.24) is 20.6 Å². The number of rotatable bonds is 7.